The van der Waals surface area contributed by atoms with Crippen LogP contribution in [0.5, 0.6) is 11.5 Å². The van der Waals surface area contributed by atoms with Gasteiger partial charge in [0.25, 0.3) is 5.91 Å². The predicted octanol–water partition coefficient (Wildman–Crippen LogP) is 0.319. The Hall–Kier alpha value is -1.75. The van der Waals surface area contributed by atoms with Crippen LogP contribution >= 0.6 is 0 Å². The Balaban J connectivity index is 2.21. The zero-order chi connectivity index (χ0) is 11.8. The molecule has 5 nitrogen and oxygen atoms in total. The number of rotatable bonds is 3. The topological polar surface area (TPSA) is 95.6 Å². The first kappa shape index (κ1) is 10.8. The van der Waals surface area contributed by atoms with Crippen molar-refractivity contribution < 1.29 is 15.0 Å². The van der Waals surface area contributed by atoms with E-state index in [1.165, 1.54) is 18.2 Å². The first-order valence-corrected chi connectivity index (χ1v) is 5.11. The molecule has 2 rings (SSSR count). The Morgan fingerprint density at radius 1 is 1.38 bits per heavy atom. The Morgan fingerprint density at radius 2 is 1.94 bits per heavy atom. The number of hydrogen-bond acceptors (Lipinski definition) is 4. The summed E-state index contributed by atoms with van der Waals surface area (Å²) < 4.78 is 0. The highest BCUT2D eigenvalue weighted by atomic mass is 16.3. The van der Waals surface area contributed by atoms with E-state index in [1.807, 2.05) is 0 Å². The maximum absolute atomic E-state index is 11.8. The molecule has 0 spiro atoms. The Bertz CT molecular complexity index is 407. The molecule has 5 N–H and O–H groups in total. The number of amides is 1. The number of benzene rings is 1. The molecule has 0 unspecified atom stereocenters. The molecule has 0 radical (unpaired) electrons. The monoisotopic (exact) mass is 222 g/mol. The van der Waals surface area contributed by atoms with Gasteiger partial charge in [-0.1, -0.05) is 6.07 Å². The van der Waals surface area contributed by atoms with Crippen LogP contribution in [0.15, 0.2) is 18.2 Å². The van der Waals surface area contributed by atoms with Gasteiger partial charge in [0.15, 0.2) is 0 Å². The molecule has 1 aromatic carbocycles. The normalized spacial score (nSPS) is 16.8. The van der Waals surface area contributed by atoms with Crippen molar-refractivity contribution >= 4 is 5.91 Å². The number of hydrogen-bond donors (Lipinski definition) is 4. The van der Waals surface area contributed by atoms with Gasteiger partial charge in [0.1, 0.15) is 17.1 Å². The van der Waals surface area contributed by atoms with Crippen LogP contribution in [-0.2, 0) is 0 Å². The minimum Gasteiger partial charge on any atom is -0.507 e. The Labute approximate surface area is 92.9 Å². The van der Waals surface area contributed by atoms with Crippen LogP contribution < -0.4 is 11.1 Å². The van der Waals surface area contributed by atoms with Crippen LogP contribution in [0, 0.1) is 0 Å². The zero-order valence-corrected chi connectivity index (χ0v) is 8.73. The van der Waals surface area contributed by atoms with Gasteiger partial charge in [-0.05, 0) is 25.0 Å². The van der Waals surface area contributed by atoms with E-state index in [1.54, 1.807) is 0 Å². The highest BCUT2D eigenvalue weighted by Crippen LogP contribution is 2.35. The van der Waals surface area contributed by atoms with Gasteiger partial charge in [-0.2, -0.15) is 0 Å². The minimum atomic E-state index is -0.487. The zero-order valence-electron chi connectivity index (χ0n) is 8.73. The van der Waals surface area contributed by atoms with Gasteiger partial charge >= 0.3 is 0 Å². The van der Waals surface area contributed by atoms with Crippen LogP contribution in [-0.4, -0.2) is 28.2 Å². The molecular weight excluding hydrogens is 208 g/mol. The number of phenols is 2. The second-order valence-electron chi connectivity index (χ2n) is 4.11. The largest absolute Gasteiger partial charge is 0.507 e. The molecule has 0 atom stereocenters. The van der Waals surface area contributed by atoms with Gasteiger partial charge in [0.05, 0.1) is 5.54 Å². The van der Waals surface area contributed by atoms with E-state index < -0.39 is 5.91 Å². The third kappa shape index (κ3) is 1.81. The van der Waals surface area contributed by atoms with E-state index in [0.717, 1.165) is 12.8 Å². The lowest BCUT2D eigenvalue weighted by molar-refractivity contribution is 0.0927. The molecule has 1 fully saturated rings. The van der Waals surface area contributed by atoms with Gasteiger partial charge < -0.3 is 21.3 Å². The van der Waals surface area contributed by atoms with Crippen molar-refractivity contribution in [3.63, 3.8) is 0 Å². The molecule has 0 aliphatic heterocycles. The van der Waals surface area contributed by atoms with Gasteiger partial charge in [0, 0.05) is 6.54 Å². The lowest BCUT2D eigenvalue weighted by Gasteiger charge is -2.15. The molecule has 1 aliphatic carbocycles. The third-order valence-corrected chi connectivity index (χ3v) is 2.87. The summed E-state index contributed by atoms with van der Waals surface area (Å²) >= 11 is 0. The van der Waals surface area contributed by atoms with Crippen LogP contribution in [0.3, 0.4) is 0 Å². The molecule has 5 heteroatoms. The van der Waals surface area contributed by atoms with Gasteiger partial charge in [0.2, 0.25) is 0 Å². The smallest absolute Gasteiger partial charge is 0.259 e. The molecule has 0 aromatic heterocycles. The summed E-state index contributed by atoms with van der Waals surface area (Å²) in [6.07, 6.45) is 1.67. The average Bonchev–Trinajstić information content (AvgIpc) is 2.98. The number of carbonyl (C=O) groups is 1. The first-order valence-electron chi connectivity index (χ1n) is 5.11. The van der Waals surface area contributed by atoms with Crippen molar-refractivity contribution in [1.29, 1.82) is 0 Å². The van der Waals surface area contributed by atoms with E-state index in [2.05, 4.69) is 5.32 Å². The first-order chi connectivity index (χ1) is 7.58. The van der Waals surface area contributed by atoms with Gasteiger partial charge in [-0.15, -0.1) is 0 Å². The summed E-state index contributed by atoms with van der Waals surface area (Å²) in [5.74, 6) is -0.950. The molecule has 1 aliphatic rings. The lowest BCUT2D eigenvalue weighted by atomic mass is 10.1. The van der Waals surface area contributed by atoms with Crippen molar-refractivity contribution in [3.05, 3.63) is 23.8 Å². The number of nitrogens with two attached hydrogens (primary N) is 1. The molecule has 0 heterocycles. The standard InChI is InChI=1S/C11H14N2O3/c12-6-11(4-5-11)13-10(16)9-7(14)2-1-3-8(9)15/h1-3,14-15H,4-6,12H2,(H,13,16). The molecule has 0 bridgehead atoms. The van der Waals surface area contributed by atoms with Crippen LogP contribution in [0.2, 0.25) is 0 Å². The number of carbonyl (C=O) groups excluding carboxylic acids is 1. The quantitative estimate of drug-likeness (QED) is 0.592. The Morgan fingerprint density at radius 3 is 2.38 bits per heavy atom. The lowest BCUT2D eigenvalue weighted by Crippen LogP contribution is -2.42. The molecule has 1 aromatic rings. The van der Waals surface area contributed by atoms with Crippen LogP contribution in [0.4, 0.5) is 0 Å². The average molecular weight is 222 g/mol. The van der Waals surface area contributed by atoms with Gasteiger partial charge in [-0.3, -0.25) is 4.79 Å². The summed E-state index contributed by atoms with van der Waals surface area (Å²) in [6.45, 7) is 0.368. The second kappa shape index (κ2) is 3.68. The van der Waals surface area contributed by atoms with E-state index in [-0.39, 0.29) is 22.6 Å². The molecule has 1 amide bonds. The summed E-state index contributed by atoms with van der Waals surface area (Å²) in [6, 6.07) is 4.19. The van der Waals surface area contributed by atoms with Crippen LogP contribution in [0.1, 0.15) is 23.2 Å². The fourth-order valence-electron chi connectivity index (χ4n) is 1.60. The summed E-state index contributed by atoms with van der Waals surface area (Å²) in [5, 5.41) is 21.7. The molecule has 86 valence electrons. The van der Waals surface area contributed by atoms with Crippen molar-refractivity contribution in [3.8, 4) is 11.5 Å². The van der Waals surface area contributed by atoms with Crippen molar-refractivity contribution in [2.24, 2.45) is 5.73 Å². The molecule has 16 heavy (non-hydrogen) atoms. The van der Waals surface area contributed by atoms with Crippen molar-refractivity contribution in [1.82, 2.24) is 5.32 Å². The fraction of sp³-hybridized carbons (Fsp3) is 0.364. The highest BCUT2D eigenvalue weighted by Gasteiger charge is 2.43. The van der Waals surface area contributed by atoms with Crippen molar-refractivity contribution in [2.75, 3.05) is 6.54 Å². The fourth-order valence-corrected chi connectivity index (χ4v) is 1.60. The van der Waals surface area contributed by atoms with Crippen molar-refractivity contribution in [2.45, 2.75) is 18.4 Å². The Kier molecular flexibility index (Phi) is 2.47. The highest BCUT2D eigenvalue weighted by molar-refractivity contribution is 6.00. The molecular formula is C11H14N2O3. The number of phenolic OH excluding ortho intramolecular Hbond substituents is 2. The molecule has 1 saturated carbocycles. The van der Waals surface area contributed by atoms with E-state index in [0.29, 0.717) is 6.54 Å². The predicted molar refractivity (Wildman–Crippen MR) is 58.3 cm³/mol. The summed E-state index contributed by atoms with van der Waals surface area (Å²) in [5.41, 5.74) is 5.09. The van der Waals surface area contributed by atoms with E-state index >= 15 is 0 Å². The summed E-state index contributed by atoms with van der Waals surface area (Å²) in [7, 11) is 0. The number of nitrogens with one attached hydrogen (secondary N) is 1. The third-order valence-electron chi connectivity index (χ3n) is 2.87. The molecule has 0 saturated heterocycles. The number of aromatic hydroxyl groups is 2. The van der Waals surface area contributed by atoms with Gasteiger partial charge in [-0.25, -0.2) is 0 Å². The van der Waals surface area contributed by atoms with E-state index in [4.69, 9.17) is 5.73 Å². The van der Waals surface area contributed by atoms with Crippen LogP contribution in [0.25, 0.3) is 0 Å². The summed E-state index contributed by atoms with van der Waals surface area (Å²) in [4.78, 5) is 11.8. The minimum absolute atomic E-state index is 0.0952. The SMILES string of the molecule is NCC1(NC(=O)c2c(O)cccc2O)CC1. The maximum atomic E-state index is 11.8. The maximum Gasteiger partial charge on any atom is 0.259 e. The van der Waals surface area contributed by atoms with E-state index in [9.17, 15) is 15.0 Å². The second-order valence-corrected chi connectivity index (χ2v) is 4.11.